The zero-order chi connectivity index (χ0) is 12.5. The maximum atomic E-state index is 13.2. The predicted molar refractivity (Wildman–Crippen MR) is 78.2 cm³/mol. The number of nitrogens with zero attached hydrogens (tertiary/aromatic N) is 1. The van der Waals surface area contributed by atoms with E-state index < -0.39 is 0 Å². The third kappa shape index (κ3) is 3.47. The summed E-state index contributed by atoms with van der Waals surface area (Å²) in [6.07, 6.45) is 3.90. The van der Waals surface area contributed by atoms with Crippen LogP contribution in [0.5, 0.6) is 0 Å². The Bertz CT molecular complexity index is 438. The van der Waals surface area contributed by atoms with Crippen molar-refractivity contribution in [2.75, 3.05) is 13.1 Å². The van der Waals surface area contributed by atoms with Gasteiger partial charge >= 0.3 is 0 Å². The molecule has 0 aromatic heterocycles. The first-order valence-corrected chi connectivity index (χ1v) is 6.94. The van der Waals surface area contributed by atoms with Crippen molar-refractivity contribution in [1.82, 2.24) is 10.2 Å². The lowest BCUT2D eigenvalue weighted by Gasteiger charge is -2.24. The number of nitrogens with one attached hydrogen (secondary N) is 1. The number of likely N-dealkylation sites (tertiary alicyclic amines) is 1. The molecule has 0 amide bonds. The van der Waals surface area contributed by atoms with Gasteiger partial charge in [-0.3, -0.25) is 4.90 Å². The maximum absolute atomic E-state index is 13.2. The summed E-state index contributed by atoms with van der Waals surface area (Å²) in [6.45, 7) is 5.08. The molecule has 2 saturated heterocycles. The van der Waals surface area contributed by atoms with Crippen LogP contribution < -0.4 is 5.32 Å². The Hall–Kier alpha value is -0.640. The van der Waals surface area contributed by atoms with E-state index in [1.807, 2.05) is 19.1 Å². The lowest BCUT2D eigenvalue weighted by molar-refractivity contribution is 0.251. The van der Waals surface area contributed by atoms with Gasteiger partial charge in [-0.1, -0.05) is 12.1 Å². The lowest BCUT2D eigenvalue weighted by atomic mass is 10.1. The minimum absolute atomic E-state index is 0. The second-order valence-electron chi connectivity index (χ2n) is 5.75. The van der Waals surface area contributed by atoms with Crippen LogP contribution in [0.3, 0.4) is 0 Å². The van der Waals surface area contributed by atoms with Crippen molar-refractivity contribution in [2.24, 2.45) is 0 Å². The number of aryl methyl sites for hydroxylation is 1. The molecule has 2 nitrogen and oxygen atoms in total. The summed E-state index contributed by atoms with van der Waals surface area (Å²) in [5.41, 5.74) is 1.98. The van der Waals surface area contributed by atoms with Crippen molar-refractivity contribution in [2.45, 2.75) is 44.8 Å². The molecule has 0 radical (unpaired) electrons. The highest BCUT2D eigenvalue weighted by Crippen LogP contribution is 2.22. The Balaban J connectivity index is 0.00000133. The van der Waals surface area contributed by atoms with Crippen LogP contribution in [-0.4, -0.2) is 30.1 Å². The Morgan fingerprint density at radius 3 is 2.84 bits per heavy atom. The summed E-state index contributed by atoms with van der Waals surface area (Å²) in [4.78, 5) is 2.50. The molecule has 1 aromatic rings. The molecular weight excluding hydrogens is 263 g/mol. The Morgan fingerprint density at radius 2 is 2.05 bits per heavy atom. The van der Waals surface area contributed by atoms with E-state index >= 15 is 0 Å². The molecule has 3 rings (SSSR count). The summed E-state index contributed by atoms with van der Waals surface area (Å²) >= 11 is 0. The first-order valence-electron chi connectivity index (χ1n) is 6.94. The third-order valence-electron chi connectivity index (χ3n) is 4.24. The molecule has 2 bridgehead atoms. The lowest BCUT2D eigenvalue weighted by Crippen LogP contribution is -2.34. The van der Waals surface area contributed by atoms with E-state index in [4.69, 9.17) is 0 Å². The molecule has 0 spiro atoms. The van der Waals surface area contributed by atoms with Gasteiger partial charge in [-0.05, 0) is 43.4 Å². The van der Waals surface area contributed by atoms with Crippen LogP contribution in [0.2, 0.25) is 0 Å². The van der Waals surface area contributed by atoms with Crippen molar-refractivity contribution in [3.63, 3.8) is 0 Å². The minimum atomic E-state index is -0.102. The number of hydrogen-bond donors (Lipinski definition) is 1. The van der Waals surface area contributed by atoms with Crippen LogP contribution in [0.1, 0.15) is 30.4 Å². The van der Waals surface area contributed by atoms with Gasteiger partial charge in [0.15, 0.2) is 0 Å². The van der Waals surface area contributed by atoms with Crippen molar-refractivity contribution in [1.29, 1.82) is 0 Å². The van der Waals surface area contributed by atoms with Gasteiger partial charge in [0, 0.05) is 31.7 Å². The molecule has 2 heterocycles. The summed E-state index contributed by atoms with van der Waals surface area (Å²) < 4.78 is 13.2. The Kier molecular flexibility index (Phi) is 4.82. The topological polar surface area (TPSA) is 15.3 Å². The van der Waals surface area contributed by atoms with E-state index in [-0.39, 0.29) is 18.2 Å². The molecule has 2 fully saturated rings. The van der Waals surface area contributed by atoms with E-state index in [1.54, 1.807) is 6.07 Å². The summed E-state index contributed by atoms with van der Waals surface area (Å²) in [5.74, 6) is -0.102. The fourth-order valence-corrected chi connectivity index (χ4v) is 3.22. The van der Waals surface area contributed by atoms with E-state index in [0.717, 1.165) is 31.2 Å². The summed E-state index contributed by atoms with van der Waals surface area (Å²) in [6, 6.07) is 6.88. The number of benzene rings is 1. The molecule has 0 aliphatic carbocycles. The normalized spacial score (nSPS) is 26.8. The second-order valence-corrected chi connectivity index (χ2v) is 5.75. The predicted octanol–water partition coefficient (Wildman–Crippen LogP) is 2.88. The Labute approximate surface area is 120 Å². The van der Waals surface area contributed by atoms with Gasteiger partial charge in [0.2, 0.25) is 0 Å². The monoisotopic (exact) mass is 284 g/mol. The van der Waals surface area contributed by atoms with Crippen molar-refractivity contribution >= 4 is 12.4 Å². The summed E-state index contributed by atoms with van der Waals surface area (Å²) in [7, 11) is 0. The molecule has 2 aliphatic heterocycles. The van der Waals surface area contributed by atoms with Crippen molar-refractivity contribution in [3.05, 3.63) is 35.1 Å². The molecular formula is C15H22ClFN2. The van der Waals surface area contributed by atoms with Crippen molar-refractivity contribution < 1.29 is 4.39 Å². The number of rotatable bonds is 2. The first-order chi connectivity index (χ1) is 8.70. The SMILES string of the molecule is Cc1cc(CN2CCC3CCC(C2)N3)ccc1F.Cl. The second kappa shape index (κ2) is 6.21. The maximum Gasteiger partial charge on any atom is 0.126 e. The van der Waals surface area contributed by atoms with Crippen LogP contribution in [0.25, 0.3) is 0 Å². The summed E-state index contributed by atoms with van der Waals surface area (Å²) in [5, 5.41) is 3.69. The smallest absolute Gasteiger partial charge is 0.126 e. The fraction of sp³-hybridized carbons (Fsp3) is 0.600. The average Bonchev–Trinajstić information content (AvgIpc) is 2.68. The standard InChI is InChI=1S/C15H21FN2.ClH/c1-11-8-12(2-5-15(11)16)9-18-7-6-13-3-4-14(10-18)17-13;/h2,5,8,13-14,17H,3-4,6-7,9-10H2,1H3;1H. The molecule has 4 heteroatoms. The number of halogens is 2. The zero-order valence-corrected chi connectivity index (χ0v) is 12.2. The highest BCUT2D eigenvalue weighted by molar-refractivity contribution is 5.85. The minimum Gasteiger partial charge on any atom is -0.310 e. The average molecular weight is 285 g/mol. The fourth-order valence-electron chi connectivity index (χ4n) is 3.22. The van der Waals surface area contributed by atoms with E-state index in [1.165, 1.54) is 24.8 Å². The molecule has 19 heavy (non-hydrogen) atoms. The first kappa shape index (κ1) is 14.8. The third-order valence-corrected chi connectivity index (χ3v) is 4.24. The molecule has 1 N–H and O–H groups in total. The van der Waals surface area contributed by atoms with Crippen LogP contribution in [0.15, 0.2) is 18.2 Å². The van der Waals surface area contributed by atoms with E-state index in [0.29, 0.717) is 6.04 Å². The zero-order valence-electron chi connectivity index (χ0n) is 11.4. The van der Waals surface area contributed by atoms with Gasteiger partial charge in [0.25, 0.3) is 0 Å². The van der Waals surface area contributed by atoms with Crippen LogP contribution in [0.4, 0.5) is 4.39 Å². The van der Waals surface area contributed by atoms with Crippen LogP contribution >= 0.6 is 12.4 Å². The highest BCUT2D eigenvalue weighted by Gasteiger charge is 2.28. The quantitative estimate of drug-likeness (QED) is 0.898. The largest absolute Gasteiger partial charge is 0.310 e. The van der Waals surface area contributed by atoms with Gasteiger partial charge < -0.3 is 5.32 Å². The molecule has 1 aromatic carbocycles. The van der Waals surface area contributed by atoms with Crippen LogP contribution in [-0.2, 0) is 6.54 Å². The molecule has 2 atom stereocenters. The van der Waals surface area contributed by atoms with Gasteiger partial charge in [-0.2, -0.15) is 0 Å². The van der Waals surface area contributed by atoms with E-state index in [9.17, 15) is 4.39 Å². The van der Waals surface area contributed by atoms with Crippen LogP contribution in [0, 0.1) is 12.7 Å². The number of fused-ring (bicyclic) bond motifs is 2. The Morgan fingerprint density at radius 1 is 1.26 bits per heavy atom. The molecule has 0 saturated carbocycles. The highest BCUT2D eigenvalue weighted by atomic mass is 35.5. The molecule has 106 valence electrons. The van der Waals surface area contributed by atoms with Gasteiger partial charge in [-0.15, -0.1) is 12.4 Å². The van der Waals surface area contributed by atoms with Gasteiger partial charge in [-0.25, -0.2) is 4.39 Å². The van der Waals surface area contributed by atoms with E-state index in [2.05, 4.69) is 10.2 Å². The van der Waals surface area contributed by atoms with Crippen molar-refractivity contribution in [3.8, 4) is 0 Å². The molecule has 2 unspecified atom stereocenters. The molecule has 2 aliphatic rings. The van der Waals surface area contributed by atoms with Gasteiger partial charge in [0.1, 0.15) is 5.82 Å². The number of hydrogen-bond acceptors (Lipinski definition) is 2. The van der Waals surface area contributed by atoms with Gasteiger partial charge in [0.05, 0.1) is 0 Å².